The quantitative estimate of drug-likeness (QED) is 0.796. The van der Waals surface area contributed by atoms with Crippen molar-refractivity contribution in [2.24, 2.45) is 0 Å². The Labute approximate surface area is 150 Å². The first-order valence-electron chi connectivity index (χ1n) is 8.10. The van der Waals surface area contributed by atoms with Crippen LogP contribution in [0.4, 0.5) is 0 Å². The van der Waals surface area contributed by atoms with Crippen molar-refractivity contribution in [1.82, 2.24) is 9.88 Å². The summed E-state index contributed by atoms with van der Waals surface area (Å²) in [6.45, 7) is 2.60. The molecular weight excluding hydrogens is 360 g/mol. The summed E-state index contributed by atoms with van der Waals surface area (Å²) in [7, 11) is -3.16. The standard InChI is InChI=1S/C17H18N2O4S2/c1-11-15(24-16(18-11)12-5-3-2-4-6-12)17(20)19-7-8-23-14-10-25(21,22)9-13(14)19/h2-6,13-14H,7-10H2,1H3. The third-order valence-electron chi connectivity index (χ3n) is 4.61. The van der Waals surface area contributed by atoms with Gasteiger partial charge in [-0.1, -0.05) is 30.3 Å². The molecule has 0 saturated carbocycles. The van der Waals surface area contributed by atoms with Crippen LogP contribution in [0.1, 0.15) is 15.4 Å². The van der Waals surface area contributed by atoms with Crippen LogP contribution in [0.25, 0.3) is 10.6 Å². The van der Waals surface area contributed by atoms with Crippen LogP contribution in [0.3, 0.4) is 0 Å². The zero-order chi connectivity index (χ0) is 17.6. The molecule has 2 aromatic rings. The van der Waals surface area contributed by atoms with E-state index in [0.717, 1.165) is 10.6 Å². The second kappa shape index (κ2) is 6.19. The van der Waals surface area contributed by atoms with Crippen molar-refractivity contribution in [2.75, 3.05) is 24.7 Å². The smallest absolute Gasteiger partial charge is 0.266 e. The number of aromatic nitrogens is 1. The van der Waals surface area contributed by atoms with Gasteiger partial charge in [0.25, 0.3) is 5.91 Å². The van der Waals surface area contributed by atoms with Gasteiger partial charge in [0.1, 0.15) is 9.88 Å². The van der Waals surface area contributed by atoms with Crippen LogP contribution in [0.2, 0.25) is 0 Å². The zero-order valence-corrected chi connectivity index (χ0v) is 15.3. The van der Waals surface area contributed by atoms with Crippen LogP contribution in [-0.2, 0) is 14.6 Å². The lowest BCUT2D eigenvalue weighted by Crippen LogP contribution is -2.53. The lowest BCUT2D eigenvalue weighted by molar-refractivity contribution is -0.0359. The molecule has 2 atom stereocenters. The highest BCUT2D eigenvalue weighted by molar-refractivity contribution is 7.91. The number of hydrogen-bond acceptors (Lipinski definition) is 6. The second-order valence-electron chi connectivity index (χ2n) is 6.35. The number of thiazole rings is 1. The van der Waals surface area contributed by atoms with E-state index in [0.29, 0.717) is 23.7 Å². The second-order valence-corrected chi connectivity index (χ2v) is 9.50. The number of benzene rings is 1. The SMILES string of the molecule is Cc1nc(-c2ccccc2)sc1C(=O)N1CCOC2CS(=O)(=O)CC21. The number of nitrogens with zero attached hydrogens (tertiary/aromatic N) is 2. The highest BCUT2D eigenvalue weighted by atomic mass is 32.2. The lowest BCUT2D eigenvalue weighted by atomic mass is 10.1. The van der Waals surface area contributed by atoms with Crippen LogP contribution in [0.15, 0.2) is 30.3 Å². The zero-order valence-electron chi connectivity index (χ0n) is 13.7. The van der Waals surface area contributed by atoms with E-state index in [1.807, 2.05) is 37.3 Å². The minimum atomic E-state index is -3.16. The normalized spacial score (nSPS) is 24.9. The van der Waals surface area contributed by atoms with E-state index in [1.165, 1.54) is 11.3 Å². The predicted octanol–water partition coefficient (Wildman–Crippen LogP) is 1.76. The molecule has 2 aliphatic heterocycles. The minimum Gasteiger partial charge on any atom is -0.373 e. The summed E-state index contributed by atoms with van der Waals surface area (Å²) in [6, 6.07) is 9.33. The molecule has 0 N–H and O–H groups in total. The van der Waals surface area contributed by atoms with Crippen LogP contribution in [-0.4, -0.2) is 61.0 Å². The van der Waals surface area contributed by atoms with E-state index in [1.54, 1.807) is 4.90 Å². The first-order valence-corrected chi connectivity index (χ1v) is 10.7. The summed E-state index contributed by atoms with van der Waals surface area (Å²) in [5.74, 6) is -0.168. The van der Waals surface area contributed by atoms with Gasteiger partial charge in [0.2, 0.25) is 0 Å². The molecule has 1 amide bonds. The first-order chi connectivity index (χ1) is 11.9. The van der Waals surface area contributed by atoms with Gasteiger partial charge >= 0.3 is 0 Å². The maximum absolute atomic E-state index is 13.1. The summed E-state index contributed by atoms with van der Waals surface area (Å²) in [6.07, 6.45) is -0.412. The number of ether oxygens (including phenoxy) is 1. The molecule has 8 heteroatoms. The number of aryl methyl sites for hydroxylation is 1. The highest BCUT2D eigenvalue weighted by Crippen LogP contribution is 2.31. The van der Waals surface area contributed by atoms with Crippen molar-refractivity contribution in [2.45, 2.75) is 19.1 Å². The highest BCUT2D eigenvalue weighted by Gasteiger charge is 2.46. The van der Waals surface area contributed by atoms with Gasteiger partial charge in [-0.25, -0.2) is 13.4 Å². The molecule has 2 aliphatic rings. The molecule has 25 heavy (non-hydrogen) atoms. The molecule has 6 nitrogen and oxygen atoms in total. The number of rotatable bonds is 2. The summed E-state index contributed by atoms with van der Waals surface area (Å²) in [4.78, 5) is 19.8. The van der Waals surface area contributed by atoms with Gasteiger partial charge in [0, 0.05) is 12.1 Å². The van der Waals surface area contributed by atoms with E-state index >= 15 is 0 Å². The van der Waals surface area contributed by atoms with E-state index < -0.39 is 22.0 Å². The van der Waals surface area contributed by atoms with Crippen molar-refractivity contribution < 1.29 is 17.9 Å². The fourth-order valence-electron chi connectivity index (χ4n) is 3.40. The van der Waals surface area contributed by atoms with E-state index in [-0.39, 0.29) is 17.4 Å². The Morgan fingerprint density at radius 2 is 2.04 bits per heavy atom. The van der Waals surface area contributed by atoms with Gasteiger partial charge < -0.3 is 9.64 Å². The minimum absolute atomic E-state index is 0.00160. The maximum atomic E-state index is 13.1. The fraction of sp³-hybridized carbons (Fsp3) is 0.412. The number of hydrogen-bond donors (Lipinski definition) is 0. The van der Waals surface area contributed by atoms with E-state index in [4.69, 9.17) is 4.74 Å². The molecule has 2 fully saturated rings. The lowest BCUT2D eigenvalue weighted by Gasteiger charge is -2.36. The predicted molar refractivity (Wildman–Crippen MR) is 95.5 cm³/mol. The Morgan fingerprint density at radius 1 is 1.28 bits per heavy atom. The van der Waals surface area contributed by atoms with Crippen LogP contribution < -0.4 is 0 Å². The Kier molecular flexibility index (Phi) is 4.13. The first kappa shape index (κ1) is 16.7. The fourth-order valence-corrected chi connectivity index (χ4v) is 6.29. The van der Waals surface area contributed by atoms with Gasteiger partial charge in [0.05, 0.1) is 36.0 Å². The number of sulfone groups is 1. The van der Waals surface area contributed by atoms with Crippen molar-refractivity contribution in [3.05, 3.63) is 40.9 Å². The molecule has 0 radical (unpaired) electrons. The maximum Gasteiger partial charge on any atom is 0.266 e. The summed E-state index contributed by atoms with van der Waals surface area (Å²) >= 11 is 1.36. The molecule has 2 unspecified atom stereocenters. The van der Waals surface area contributed by atoms with E-state index in [2.05, 4.69) is 4.98 Å². The van der Waals surface area contributed by atoms with Crippen LogP contribution in [0.5, 0.6) is 0 Å². The van der Waals surface area contributed by atoms with Gasteiger partial charge in [-0.2, -0.15) is 0 Å². The molecule has 1 aromatic carbocycles. The van der Waals surface area contributed by atoms with Gasteiger partial charge in [-0.3, -0.25) is 4.79 Å². The number of morpholine rings is 1. The molecule has 4 rings (SSSR count). The Morgan fingerprint density at radius 3 is 2.80 bits per heavy atom. The topological polar surface area (TPSA) is 76.6 Å². The average Bonchev–Trinajstić information content (AvgIpc) is 3.13. The Hall–Kier alpha value is -1.77. The molecule has 3 heterocycles. The summed E-state index contributed by atoms with van der Waals surface area (Å²) < 4.78 is 29.4. The molecule has 132 valence electrons. The third-order valence-corrected chi connectivity index (χ3v) is 7.49. The van der Waals surface area contributed by atoms with Gasteiger partial charge in [-0.05, 0) is 6.92 Å². The average molecular weight is 378 g/mol. The Balaban J connectivity index is 1.64. The molecular formula is C17H18N2O4S2. The monoisotopic (exact) mass is 378 g/mol. The van der Waals surface area contributed by atoms with E-state index in [9.17, 15) is 13.2 Å². The molecule has 0 bridgehead atoms. The van der Waals surface area contributed by atoms with Gasteiger partial charge in [0.15, 0.2) is 9.84 Å². The van der Waals surface area contributed by atoms with Crippen LogP contribution in [0, 0.1) is 6.92 Å². The van der Waals surface area contributed by atoms with Crippen molar-refractivity contribution in [1.29, 1.82) is 0 Å². The third kappa shape index (κ3) is 3.09. The summed E-state index contributed by atoms with van der Waals surface area (Å²) in [5, 5.41) is 0.797. The Bertz CT molecular complexity index is 908. The van der Waals surface area contributed by atoms with Crippen molar-refractivity contribution in [3.8, 4) is 10.6 Å². The van der Waals surface area contributed by atoms with Gasteiger partial charge in [-0.15, -0.1) is 11.3 Å². The summed E-state index contributed by atoms with van der Waals surface area (Å²) in [5.41, 5.74) is 1.65. The number of carbonyl (C=O) groups excluding carboxylic acids is 1. The molecule has 1 aromatic heterocycles. The number of amides is 1. The van der Waals surface area contributed by atoms with Crippen molar-refractivity contribution >= 4 is 27.1 Å². The molecule has 0 spiro atoms. The number of carbonyl (C=O) groups is 1. The molecule has 2 saturated heterocycles. The molecule has 0 aliphatic carbocycles. The van der Waals surface area contributed by atoms with Crippen molar-refractivity contribution in [3.63, 3.8) is 0 Å². The largest absolute Gasteiger partial charge is 0.373 e. The van der Waals surface area contributed by atoms with Crippen LogP contribution >= 0.6 is 11.3 Å². The number of fused-ring (bicyclic) bond motifs is 1.